The predicted octanol–water partition coefficient (Wildman–Crippen LogP) is 2.28. The number of likely N-dealkylation sites (N-methyl/N-ethyl adjacent to an activating group) is 1. The Morgan fingerprint density at radius 2 is 2.09 bits per heavy atom. The second kappa shape index (κ2) is 11.3. The second-order valence-electron chi connectivity index (χ2n) is 9.35. The third-order valence-corrected chi connectivity index (χ3v) is 7.73. The average Bonchev–Trinajstić information content (AvgIpc) is 2.97. The Bertz CT molecular complexity index is 1120. The molecule has 12 heteroatoms. The molecule has 0 radical (unpaired) electrons. The maximum Gasteiger partial charge on any atom is 0.229 e. The van der Waals surface area contributed by atoms with Crippen molar-refractivity contribution in [1.29, 1.82) is 0 Å². The molecule has 0 saturated heterocycles. The van der Waals surface area contributed by atoms with Gasteiger partial charge in [-0.05, 0) is 43.4 Å². The van der Waals surface area contributed by atoms with Gasteiger partial charge in [-0.15, -0.1) is 0 Å². The fourth-order valence-electron chi connectivity index (χ4n) is 4.82. The molecule has 0 bridgehead atoms. The van der Waals surface area contributed by atoms with Gasteiger partial charge in [0.15, 0.2) is 0 Å². The Labute approximate surface area is 212 Å². The third-order valence-electron chi connectivity index (χ3n) is 6.52. The highest BCUT2D eigenvalue weighted by molar-refractivity contribution is 7.88. The van der Waals surface area contributed by atoms with Crippen LogP contribution in [0, 0.1) is 0 Å². The summed E-state index contributed by atoms with van der Waals surface area (Å²) in [4.78, 5) is 13.4. The zero-order valence-electron chi connectivity index (χ0n) is 20.2. The van der Waals surface area contributed by atoms with Crippen LogP contribution < -0.4 is 19.4 Å². The molecule has 2 aromatic rings. The van der Waals surface area contributed by atoms with Crippen molar-refractivity contribution in [3.63, 3.8) is 0 Å². The van der Waals surface area contributed by atoms with Crippen molar-refractivity contribution in [3.05, 3.63) is 36.0 Å². The molecule has 2 aliphatic rings. The molecular weight excluding hydrogens is 490 g/mol. The summed E-state index contributed by atoms with van der Waals surface area (Å²) in [5.74, 6) is 1.01. The third kappa shape index (κ3) is 6.95. The first-order valence-corrected chi connectivity index (χ1v) is 14.1. The van der Waals surface area contributed by atoms with E-state index in [2.05, 4.69) is 49.0 Å². The number of aromatic nitrogens is 2. The Kier molecular flexibility index (Phi) is 8.33. The molecule has 1 aliphatic carbocycles. The first-order valence-electron chi connectivity index (χ1n) is 11.9. The van der Waals surface area contributed by atoms with Crippen LogP contribution in [0.15, 0.2) is 30.5 Å². The molecule has 2 atom stereocenters. The molecular formula is C23H34ClN7O3S. The number of aliphatic hydroxyl groups excluding tert-OH is 1. The van der Waals surface area contributed by atoms with E-state index in [1.165, 1.54) is 11.8 Å². The standard InChI is InChI=1S/C23H34ClN7O3S/c1-29-10-11-30(12-13-32)16-17-6-7-18(15-21(17)29)26-23-25-9-8-22(27-23)31(24)20-5-3-4-19(14-20)28-35(2,33)34/h6-9,15,19-20,28,32H,3-5,10-14,16H2,1-2H3,(H,25,26,27)/t19-,20?/m1/s1. The van der Waals surface area contributed by atoms with E-state index in [1.54, 1.807) is 16.7 Å². The summed E-state index contributed by atoms with van der Waals surface area (Å²) in [6.45, 7) is 3.38. The molecule has 1 unspecified atom stereocenters. The highest BCUT2D eigenvalue weighted by Gasteiger charge is 2.29. The Balaban J connectivity index is 1.46. The summed E-state index contributed by atoms with van der Waals surface area (Å²) >= 11 is 6.68. The van der Waals surface area contributed by atoms with Crippen LogP contribution in [0.25, 0.3) is 0 Å². The van der Waals surface area contributed by atoms with E-state index in [0.29, 0.717) is 24.7 Å². The Morgan fingerprint density at radius 1 is 1.26 bits per heavy atom. The summed E-state index contributed by atoms with van der Waals surface area (Å²) in [6.07, 6.45) is 6.02. The number of β-amino-alcohol motifs (C(OH)–C–C–N with tert-alkyl or cyclic N) is 1. The van der Waals surface area contributed by atoms with Gasteiger partial charge in [0.05, 0.1) is 12.9 Å². The molecule has 1 aromatic heterocycles. The van der Waals surface area contributed by atoms with Crippen LogP contribution in [-0.4, -0.2) is 80.0 Å². The Morgan fingerprint density at radius 3 is 2.86 bits per heavy atom. The molecule has 0 amide bonds. The molecule has 192 valence electrons. The lowest BCUT2D eigenvalue weighted by atomic mass is 9.91. The molecule has 10 nitrogen and oxygen atoms in total. The summed E-state index contributed by atoms with van der Waals surface area (Å²) in [7, 11) is -1.19. The fourth-order valence-corrected chi connectivity index (χ4v) is 5.91. The maximum absolute atomic E-state index is 11.6. The topological polar surface area (TPSA) is 114 Å². The van der Waals surface area contributed by atoms with Crippen LogP contribution in [-0.2, 0) is 16.6 Å². The van der Waals surface area contributed by atoms with Crippen LogP contribution in [0.4, 0.5) is 23.1 Å². The van der Waals surface area contributed by atoms with Crippen molar-refractivity contribution in [2.75, 3.05) is 54.2 Å². The molecule has 3 N–H and O–H groups in total. The van der Waals surface area contributed by atoms with E-state index < -0.39 is 10.0 Å². The number of hydrogen-bond acceptors (Lipinski definition) is 9. The number of aliphatic hydroxyl groups is 1. The van der Waals surface area contributed by atoms with E-state index in [9.17, 15) is 13.5 Å². The number of fused-ring (bicyclic) bond motifs is 1. The highest BCUT2D eigenvalue weighted by Crippen LogP contribution is 2.31. The van der Waals surface area contributed by atoms with Crippen LogP contribution in [0.5, 0.6) is 0 Å². The number of halogens is 1. The molecule has 1 saturated carbocycles. The zero-order chi connectivity index (χ0) is 25.0. The largest absolute Gasteiger partial charge is 0.395 e. The minimum Gasteiger partial charge on any atom is -0.395 e. The van der Waals surface area contributed by atoms with Crippen LogP contribution in [0.1, 0.15) is 31.2 Å². The minimum absolute atomic E-state index is 0.0320. The minimum atomic E-state index is -3.26. The number of benzene rings is 1. The van der Waals surface area contributed by atoms with Gasteiger partial charge in [-0.25, -0.2) is 18.1 Å². The van der Waals surface area contributed by atoms with Gasteiger partial charge in [-0.1, -0.05) is 6.07 Å². The molecule has 35 heavy (non-hydrogen) atoms. The monoisotopic (exact) mass is 523 g/mol. The van der Waals surface area contributed by atoms with Crippen molar-refractivity contribution >= 4 is 44.9 Å². The molecule has 0 spiro atoms. The Hall–Kier alpha value is -2.18. The van der Waals surface area contributed by atoms with Crippen LogP contribution >= 0.6 is 11.8 Å². The highest BCUT2D eigenvalue weighted by atomic mass is 35.5. The summed E-state index contributed by atoms with van der Waals surface area (Å²) in [5, 5.41) is 12.6. The first-order chi connectivity index (χ1) is 16.7. The number of nitrogens with zero attached hydrogens (tertiary/aromatic N) is 5. The van der Waals surface area contributed by atoms with Crippen LogP contribution in [0.2, 0.25) is 0 Å². The van der Waals surface area contributed by atoms with Gasteiger partial charge >= 0.3 is 0 Å². The van der Waals surface area contributed by atoms with Crippen molar-refractivity contribution < 1.29 is 13.5 Å². The van der Waals surface area contributed by atoms with Gasteiger partial charge < -0.3 is 15.3 Å². The first kappa shape index (κ1) is 25.9. The van der Waals surface area contributed by atoms with Gasteiger partial charge in [-0.3, -0.25) is 9.32 Å². The number of anilines is 4. The van der Waals surface area contributed by atoms with Crippen molar-refractivity contribution in [2.24, 2.45) is 0 Å². The van der Waals surface area contributed by atoms with Gasteiger partial charge in [0, 0.05) is 80.7 Å². The normalized spacial score (nSPS) is 21.3. The molecule has 4 rings (SSSR count). The average molecular weight is 524 g/mol. The molecule has 2 heterocycles. The van der Waals surface area contributed by atoms with Crippen LogP contribution in [0.3, 0.4) is 0 Å². The lowest BCUT2D eigenvalue weighted by Gasteiger charge is -2.34. The summed E-state index contributed by atoms with van der Waals surface area (Å²) < 4.78 is 27.6. The quantitative estimate of drug-likeness (QED) is 0.448. The van der Waals surface area contributed by atoms with E-state index >= 15 is 0 Å². The lowest BCUT2D eigenvalue weighted by molar-refractivity contribution is 0.196. The van der Waals surface area contributed by atoms with Crippen molar-refractivity contribution in [1.82, 2.24) is 19.6 Å². The van der Waals surface area contributed by atoms with E-state index in [1.807, 2.05) is 6.07 Å². The zero-order valence-corrected chi connectivity index (χ0v) is 21.8. The SMILES string of the molecule is CN1CCN(CCO)Cc2ccc(Nc3nccc(N(Cl)C4CCC[C@@H](NS(C)(=O)=O)C4)n3)cc21. The van der Waals surface area contributed by atoms with Gasteiger partial charge in [-0.2, -0.15) is 4.98 Å². The summed E-state index contributed by atoms with van der Waals surface area (Å²) in [5.41, 5.74) is 3.22. The lowest BCUT2D eigenvalue weighted by Crippen LogP contribution is -2.43. The van der Waals surface area contributed by atoms with E-state index in [4.69, 9.17) is 11.8 Å². The van der Waals surface area contributed by atoms with E-state index in [-0.39, 0.29) is 18.7 Å². The summed E-state index contributed by atoms with van der Waals surface area (Å²) in [6, 6.07) is 7.79. The fraction of sp³-hybridized carbons (Fsp3) is 0.565. The number of sulfonamides is 1. The second-order valence-corrected chi connectivity index (χ2v) is 11.5. The van der Waals surface area contributed by atoms with Crippen molar-refractivity contribution in [3.8, 4) is 0 Å². The van der Waals surface area contributed by atoms with Gasteiger partial charge in [0.1, 0.15) is 5.82 Å². The maximum atomic E-state index is 11.6. The number of rotatable bonds is 8. The number of hydrogen-bond donors (Lipinski definition) is 3. The van der Waals surface area contributed by atoms with Gasteiger partial charge in [0.2, 0.25) is 16.0 Å². The molecule has 1 aliphatic heterocycles. The van der Waals surface area contributed by atoms with Crippen molar-refractivity contribution in [2.45, 2.75) is 44.3 Å². The molecule has 1 aromatic carbocycles. The van der Waals surface area contributed by atoms with E-state index in [0.717, 1.165) is 50.3 Å². The molecule has 1 fully saturated rings. The van der Waals surface area contributed by atoms with Gasteiger partial charge in [0.25, 0.3) is 0 Å². The number of nitrogens with one attached hydrogen (secondary N) is 2. The smallest absolute Gasteiger partial charge is 0.229 e. The predicted molar refractivity (Wildman–Crippen MR) is 140 cm³/mol.